The Bertz CT molecular complexity index is 429. The smallest absolute Gasteiger partial charge is 0.138 e. The maximum atomic E-state index is 6.28. The Morgan fingerprint density at radius 1 is 1.24 bits per heavy atom. The second kappa shape index (κ2) is 8.62. The Morgan fingerprint density at radius 2 is 1.95 bits per heavy atom. The van der Waals surface area contributed by atoms with Crippen LogP contribution in [0, 0.1) is 0 Å². The van der Waals surface area contributed by atoms with Gasteiger partial charge in [0, 0.05) is 6.04 Å². The van der Waals surface area contributed by atoms with Crippen LogP contribution < -0.4 is 10.1 Å². The molecule has 0 aliphatic heterocycles. The number of ether oxygens (including phenoxy) is 2. The van der Waals surface area contributed by atoms with Gasteiger partial charge in [-0.1, -0.05) is 24.6 Å². The Labute approximate surface area is 134 Å². The highest BCUT2D eigenvalue weighted by molar-refractivity contribution is 6.32. The van der Waals surface area contributed by atoms with E-state index in [1.54, 1.807) is 0 Å². The number of halogens is 1. The molecule has 0 heterocycles. The van der Waals surface area contributed by atoms with Crippen molar-refractivity contribution in [3.63, 3.8) is 0 Å². The van der Waals surface area contributed by atoms with Crippen molar-refractivity contribution in [2.24, 2.45) is 0 Å². The Balaban J connectivity index is 2.50. The summed E-state index contributed by atoms with van der Waals surface area (Å²) in [5.41, 5.74) is 1.03. The van der Waals surface area contributed by atoms with Gasteiger partial charge in [-0.2, -0.15) is 0 Å². The molecule has 1 atom stereocenters. The van der Waals surface area contributed by atoms with Gasteiger partial charge in [0.15, 0.2) is 0 Å². The lowest BCUT2D eigenvalue weighted by Crippen LogP contribution is -2.22. The molecule has 0 aromatic heterocycles. The molecule has 1 rings (SSSR count). The molecule has 1 aromatic carbocycles. The number of nitrogens with one attached hydrogen (secondary N) is 1. The molecule has 4 heteroatoms. The van der Waals surface area contributed by atoms with E-state index in [9.17, 15) is 0 Å². The summed E-state index contributed by atoms with van der Waals surface area (Å²) in [6, 6.07) is 6.24. The molecule has 0 fully saturated rings. The summed E-state index contributed by atoms with van der Waals surface area (Å²) in [6.45, 7) is 12.4. The van der Waals surface area contributed by atoms with Crippen LogP contribution in [0.2, 0.25) is 5.02 Å². The van der Waals surface area contributed by atoms with Gasteiger partial charge in [-0.05, 0) is 58.4 Å². The average molecular weight is 314 g/mol. The lowest BCUT2D eigenvalue weighted by molar-refractivity contribution is -0.0162. The highest BCUT2D eigenvalue weighted by atomic mass is 35.5. The van der Waals surface area contributed by atoms with Crippen molar-refractivity contribution in [2.45, 2.75) is 52.7 Å². The highest BCUT2D eigenvalue weighted by Gasteiger charge is 2.11. The standard InChI is InChI=1S/C17H28ClNO2/c1-6-9-19-13(2)14-7-8-16(15(18)12-14)20-10-11-21-17(3,4)5/h7-8,12-13,19H,6,9-11H2,1-5H3. The van der Waals surface area contributed by atoms with Crippen molar-refractivity contribution < 1.29 is 9.47 Å². The van der Waals surface area contributed by atoms with E-state index < -0.39 is 0 Å². The van der Waals surface area contributed by atoms with E-state index in [0.29, 0.717) is 30.0 Å². The molecule has 1 aromatic rings. The zero-order chi connectivity index (χ0) is 15.9. The summed E-state index contributed by atoms with van der Waals surface area (Å²) in [7, 11) is 0. The minimum Gasteiger partial charge on any atom is -0.490 e. The van der Waals surface area contributed by atoms with Crippen molar-refractivity contribution in [1.82, 2.24) is 5.32 Å². The zero-order valence-corrected chi connectivity index (χ0v) is 14.6. The van der Waals surface area contributed by atoms with E-state index in [0.717, 1.165) is 13.0 Å². The van der Waals surface area contributed by atoms with Gasteiger partial charge >= 0.3 is 0 Å². The lowest BCUT2D eigenvalue weighted by Gasteiger charge is -2.20. The summed E-state index contributed by atoms with van der Waals surface area (Å²) in [6.07, 6.45) is 1.12. The predicted octanol–water partition coefficient (Wildman–Crippen LogP) is 4.59. The monoisotopic (exact) mass is 313 g/mol. The molecule has 0 aliphatic carbocycles. The van der Waals surface area contributed by atoms with E-state index in [1.807, 2.05) is 32.9 Å². The van der Waals surface area contributed by atoms with Crippen LogP contribution in [-0.4, -0.2) is 25.4 Å². The topological polar surface area (TPSA) is 30.5 Å². The Hall–Kier alpha value is -0.770. The summed E-state index contributed by atoms with van der Waals surface area (Å²) in [5.74, 6) is 0.709. The predicted molar refractivity (Wildman–Crippen MR) is 89.4 cm³/mol. The first-order valence-corrected chi connectivity index (χ1v) is 8.01. The van der Waals surface area contributed by atoms with Crippen LogP contribution >= 0.6 is 11.6 Å². The lowest BCUT2D eigenvalue weighted by atomic mass is 10.1. The van der Waals surface area contributed by atoms with Gasteiger partial charge in [0.05, 0.1) is 17.2 Å². The SMILES string of the molecule is CCCNC(C)c1ccc(OCCOC(C)(C)C)c(Cl)c1. The van der Waals surface area contributed by atoms with Gasteiger partial charge < -0.3 is 14.8 Å². The number of hydrogen-bond donors (Lipinski definition) is 1. The van der Waals surface area contributed by atoms with Crippen LogP contribution in [0.3, 0.4) is 0 Å². The van der Waals surface area contributed by atoms with E-state index in [4.69, 9.17) is 21.1 Å². The molecule has 0 bridgehead atoms. The van der Waals surface area contributed by atoms with Crippen molar-refractivity contribution >= 4 is 11.6 Å². The summed E-state index contributed by atoms with van der Waals surface area (Å²) < 4.78 is 11.3. The average Bonchev–Trinajstić information content (AvgIpc) is 2.41. The molecule has 21 heavy (non-hydrogen) atoms. The molecule has 0 aliphatic rings. The van der Waals surface area contributed by atoms with E-state index >= 15 is 0 Å². The largest absolute Gasteiger partial charge is 0.490 e. The zero-order valence-electron chi connectivity index (χ0n) is 13.8. The Kier molecular flexibility index (Phi) is 7.50. The van der Waals surface area contributed by atoms with E-state index in [-0.39, 0.29) is 5.60 Å². The van der Waals surface area contributed by atoms with Crippen LogP contribution in [0.4, 0.5) is 0 Å². The molecule has 3 nitrogen and oxygen atoms in total. The molecule has 1 N–H and O–H groups in total. The first-order valence-electron chi connectivity index (χ1n) is 7.63. The quantitative estimate of drug-likeness (QED) is 0.712. The minimum atomic E-state index is -0.141. The molecule has 0 amide bonds. The van der Waals surface area contributed by atoms with E-state index in [2.05, 4.69) is 25.2 Å². The van der Waals surface area contributed by atoms with Gasteiger partial charge in [-0.25, -0.2) is 0 Å². The minimum absolute atomic E-state index is 0.141. The van der Waals surface area contributed by atoms with Crippen LogP contribution in [0.5, 0.6) is 5.75 Å². The van der Waals surface area contributed by atoms with Crippen LogP contribution in [0.15, 0.2) is 18.2 Å². The molecular weight excluding hydrogens is 286 g/mol. The number of benzene rings is 1. The fraction of sp³-hybridized carbons (Fsp3) is 0.647. The number of hydrogen-bond acceptors (Lipinski definition) is 3. The van der Waals surface area contributed by atoms with Crippen molar-refractivity contribution in [2.75, 3.05) is 19.8 Å². The van der Waals surface area contributed by atoms with Crippen LogP contribution in [0.1, 0.15) is 52.6 Å². The van der Waals surface area contributed by atoms with Gasteiger partial charge in [0.25, 0.3) is 0 Å². The van der Waals surface area contributed by atoms with E-state index in [1.165, 1.54) is 5.56 Å². The molecule has 1 unspecified atom stereocenters. The van der Waals surface area contributed by atoms with Crippen LogP contribution in [0.25, 0.3) is 0 Å². The summed E-state index contributed by atoms with van der Waals surface area (Å²) in [5, 5.41) is 4.09. The van der Waals surface area contributed by atoms with Crippen LogP contribution in [-0.2, 0) is 4.74 Å². The maximum Gasteiger partial charge on any atom is 0.138 e. The maximum absolute atomic E-state index is 6.28. The van der Waals surface area contributed by atoms with Gasteiger partial charge in [0.1, 0.15) is 12.4 Å². The third-order valence-electron chi connectivity index (χ3n) is 3.03. The fourth-order valence-corrected chi connectivity index (χ4v) is 2.13. The first-order chi connectivity index (χ1) is 9.83. The molecular formula is C17H28ClNO2. The molecule has 0 saturated heterocycles. The first kappa shape index (κ1) is 18.3. The number of rotatable bonds is 8. The second-order valence-corrected chi connectivity index (χ2v) is 6.58. The normalized spacial score (nSPS) is 13.2. The summed E-state index contributed by atoms with van der Waals surface area (Å²) in [4.78, 5) is 0. The van der Waals surface area contributed by atoms with Gasteiger partial charge in [-0.15, -0.1) is 0 Å². The highest BCUT2D eigenvalue weighted by Crippen LogP contribution is 2.28. The third kappa shape index (κ3) is 7.16. The fourth-order valence-electron chi connectivity index (χ4n) is 1.88. The third-order valence-corrected chi connectivity index (χ3v) is 3.33. The second-order valence-electron chi connectivity index (χ2n) is 6.17. The van der Waals surface area contributed by atoms with Gasteiger partial charge in [0.2, 0.25) is 0 Å². The van der Waals surface area contributed by atoms with Crippen molar-refractivity contribution in [1.29, 1.82) is 0 Å². The molecule has 0 saturated carbocycles. The molecule has 120 valence electrons. The molecule has 0 spiro atoms. The van der Waals surface area contributed by atoms with Crippen molar-refractivity contribution in [3.8, 4) is 5.75 Å². The van der Waals surface area contributed by atoms with Crippen molar-refractivity contribution in [3.05, 3.63) is 28.8 Å². The Morgan fingerprint density at radius 3 is 2.52 bits per heavy atom. The molecule has 0 radical (unpaired) electrons. The summed E-state index contributed by atoms with van der Waals surface area (Å²) >= 11 is 6.28. The van der Waals surface area contributed by atoms with Gasteiger partial charge in [-0.3, -0.25) is 0 Å².